The number of benzene rings is 1. The van der Waals surface area contributed by atoms with E-state index in [0.29, 0.717) is 6.54 Å². The molecule has 1 aliphatic rings. The highest BCUT2D eigenvalue weighted by Gasteiger charge is 2.36. The van der Waals surface area contributed by atoms with E-state index < -0.39 is 5.91 Å². The molecule has 0 spiro atoms. The summed E-state index contributed by atoms with van der Waals surface area (Å²) in [4.78, 5) is 13.4. The summed E-state index contributed by atoms with van der Waals surface area (Å²) < 4.78 is 0. The van der Waals surface area contributed by atoms with E-state index in [1.807, 2.05) is 38.1 Å². The lowest BCUT2D eigenvalue weighted by Gasteiger charge is -2.29. The first-order valence-electron chi connectivity index (χ1n) is 9.53. The third kappa shape index (κ3) is 4.49. The van der Waals surface area contributed by atoms with E-state index in [2.05, 4.69) is 22.0 Å². The number of aliphatic hydroxyl groups excluding tert-OH is 1. The number of aryl methyl sites for hydroxylation is 2. The highest BCUT2D eigenvalue weighted by Crippen LogP contribution is 2.34. The number of rotatable bonds is 6. The van der Waals surface area contributed by atoms with Gasteiger partial charge in [-0.25, -0.2) is 5.48 Å². The zero-order valence-electron chi connectivity index (χ0n) is 16.5. The summed E-state index contributed by atoms with van der Waals surface area (Å²) in [6.07, 6.45) is 3.35. The third-order valence-corrected chi connectivity index (χ3v) is 5.55. The molecule has 3 rings (SSSR count). The lowest BCUT2D eigenvalue weighted by molar-refractivity contribution is -0.124. The van der Waals surface area contributed by atoms with Crippen LogP contribution in [0.3, 0.4) is 0 Å². The van der Waals surface area contributed by atoms with Crippen LogP contribution in [0, 0.1) is 13.8 Å². The van der Waals surface area contributed by atoms with E-state index in [-0.39, 0.29) is 18.1 Å². The number of β-amino-alcohol motifs (C(OH)–C–C–N with tert-alkyl or cyclic N) is 1. The van der Waals surface area contributed by atoms with Gasteiger partial charge in [-0.3, -0.25) is 20.0 Å². The van der Waals surface area contributed by atoms with Gasteiger partial charge in [-0.2, -0.15) is 5.10 Å². The molecule has 150 valence electrons. The number of hydrogen-bond acceptors (Lipinski definition) is 5. The molecule has 2 aromatic rings. The molecule has 0 saturated carbocycles. The maximum absolute atomic E-state index is 11.1. The van der Waals surface area contributed by atoms with Crippen LogP contribution in [-0.4, -0.2) is 50.0 Å². The molecule has 4 N–H and O–H groups in total. The molecule has 0 radical (unpaired) electrons. The minimum atomic E-state index is -0.559. The number of nitrogens with zero attached hydrogens (tertiary/aromatic N) is 2. The Morgan fingerprint density at radius 1 is 1.39 bits per heavy atom. The number of aliphatic hydroxyl groups is 1. The Balaban J connectivity index is 1.71. The van der Waals surface area contributed by atoms with Crippen LogP contribution in [0.2, 0.25) is 0 Å². The van der Waals surface area contributed by atoms with Crippen LogP contribution in [0.4, 0.5) is 0 Å². The zero-order chi connectivity index (χ0) is 20.3. The van der Waals surface area contributed by atoms with Crippen LogP contribution in [0.15, 0.2) is 30.3 Å². The van der Waals surface area contributed by atoms with E-state index in [1.54, 1.807) is 11.6 Å². The van der Waals surface area contributed by atoms with Crippen LogP contribution in [0.5, 0.6) is 0 Å². The minimum absolute atomic E-state index is 0.248. The zero-order valence-corrected chi connectivity index (χ0v) is 16.5. The number of nitrogens with one attached hydrogen (secondary N) is 2. The molecule has 1 amide bonds. The maximum Gasteiger partial charge on any atom is 0.267 e. The number of carbonyl (C=O) groups excluding carboxylic acids is 1. The van der Waals surface area contributed by atoms with Crippen molar-refractivity contribution in [3.05, 3.63) is 58.4 Å². The van der Waals surface area contributed by atoms with Crippen LogP contribution < -0.4 is 5.48 Å². The Kier molecular flexibility index (Phi) is 6.28. The molecule has 0 aliphatic carbocycles. The number of H-pyrrole nitrogens is 1. The Morgan fingerprint density at radius 2 is 2.11 bits per heavy atom. The van der Waals surface area contributed by atoms with Gasteiger partial charge in [-0.05, 0) is 37.5 Å². The predicted octanol–water partition coefficient (Wildman–Crippen LogP) is 2.28. The standard InChI is InChI=1S/C21H28N4O3/c1-13(21-14(2)22-23-15(21)3)19-10-18(26)12-25(19)11-17-6-4-16(5-7-17)8-9-20(27)24-28/h4-9,13,18-19,26,28H,10-12H2,1-3H3,(H,22,23)(H,24,27)/b9-8+/t13?,18-,19-/m0/s1. The Labute approximate surface area is 165 Å². The summed E-state index contributed by atoms with van der Waals surface area (Å²) in [5.74, 6) is -0.285. The molecule has 1 saturated heterocycles. The van der Waals surface area contributed by atoms with Crippen molar-refractivity contribution < 1.29 is 15.1 Å². The van der Waals surface area contributed by atoms with Gasteiger partial charge in [0.15, 0.2) is 0 Å². The summed E-state index contributed by atoms with van der Waals surface area (Å²) in [5.41, 5.74) is 6.95. The predicted molar refractivity (Wildman–Crippen MR) is 107 cm³/mol. The summed E-state index contributed by atoms with van der Waals surface area (Å²) in [6.45, 7) is 7.69. The Morgan fingerprint density at radius 3 is 2.71 bits per heavy atom. The fourth-order valence-corrected chi connectivity index (χ4v) is 4.21. The average molecular weight is 384 g/mol. The van der Waals surface area contributed by atoms with Crippen molar-refractivity contribution in [1.82, 2.24) is 20.6 Å². The fraction of sp³-hybridized carbons (Fsp3) is 0.429. The molecule has 1 aromatic carbocycles. The van der Waals surface area contributed by atoms with Crippen LogP contribution in [-0.2, 0) is 11.3 Å². The van der Waals surface area contributed by atoms with Gasteiger partial charge in [0.05, 0.1) is 11.8 Å². The third-order valence-electron chi connectivity index (χ3n) is 5.55. The lowest BCUT2D eigenvalue weighted by atomic mass is 9.89. The summed E-state index contributed by atoms with van der Waals surface area (Å²) in [5, 5.41) is 26.2. The first-order valence-corrected chi connectivity index (χ1v) is 9.53. The minimum Gasteiger partial charge on any atom is -0.392 e. The van der Waals surface area contributed by atoms with Gasteiger partial charge in [0.25, 0.3) is 5.91 Å². The molecule has 1 aromatic heterocycles. The molecule has 7 heteroatoms. The van der Waals surface area contributed by atoms with Crippen molar-refractivity contribution >= 4 is 12.0 Å². The fourth-order valence-electron chi connectivity index (χ4n) is 4.21. The second-order valence-corrected chi connectivity index (χ2v) is 7.57. The van der Waals surface area contributed by atoms with E-state index in [9.17, 15) is 9.90 Å². The smallest absolute Gasteiger partial charge is 0.267 e. The van der Waals surface area contributed by atoms with E-state index in [4.69, 9.17) is 5.21 Å². The summed E-state index contributed by atoms with van der Waals surface area (Å²) >= 11 is 0. The number of hydroxylamine groups is 1. The molecular weight excluding hydrogens is 356 g/mol. The van der Waals surface area contributed by atoms with Gasteiger partial charge >= 0.3 is 0 Å². The van der Waals surface area contributed by atoms with Gasteiger partial charge in [-0.15, -0.1) is 0 Å². The molecule has 1 aliphatic heterocycles. The van der Waals surface area contributed by atoms with E-state index in [1.165, 1.54) is 11.6 Å². The first kappa shape index (κ1) is 20.3. The number of aromatic nitrogens is 2. The summed E-state index contributed by atoms with van der Waals surface area (Å²) in [6, 6.07) is 8.17. The van der Waals surface area contributed by atoms with Crippen LogP contribution in [0.1, 0.15) is 47.3 Å². The molecule has 7 nitrogen and oxygen atoms in total. The van der Waals surface area contributed by atoms with E-state index >= 15 is 0 Å². The second-order valence-electron chi connectivity index (χ2n) is 7.57. The Hall–Kier alpha value is -2.48. The van der Waals surface area contributed by atoms with Crippen molar-refractivity contribution in [3.8, 4) is 0 Å². The van der Waals surface area contributed by atoms with Crippen molar-refractivity contribution in [1.29, 1.82) is 0 Å². The SMILES string of the molecule is Cc1n[nH]c(C)c1C(C)[C@@H]1C[C@H](O)CN1Cc1ccc(/C=C/C(=O)NO)cc1. The second kappa shape index (κ2) is 8.68. The quantitative estimate of drug-likeness (QED) is 0.348. The molecule has 0 bridgehead atoms. The number of hydrogen-bond donors (Lipinski definition) is 4. The molecule has 3 atom stereocenters. The number of carbonyl (C=O) groups is 1. The number of likely N-dealkylation sites (tertiary alicyclic amines) is 1. The lowest BCUT2D eigenvalue weighted by Crippen LogP contribution is -2.33. The van der Waals surface area contributed by atoms with Crippen molar-refractivity contribution in [3.63, 3.8) is 0 Å². The maximum atomic E-state index is 11.1. The molecular formula is C21H28N4O3. The summed E-state index contributed by atoms with van der Waals surface area (Å²) in [7, 11) is 0. The van der Waals surface area contributed by atoms with Crippen LogP contribution >= 0.6 is 0 Å². The monoisotopic (exact) mass is 384 g/mol. The number of amides is 1. The van der Waals surface area contributed by atoms with Gasteiger partial charge in [0.2, 0.25) is 0 Å². The van der Waals surface area contributed by atoms with Crippen molar-refractivity contribution in [2.75, 3.05) is 6.54 Å². The van der Waals surface area contributed by atoms with Gasteiger partial charge < -0.3 is 5.11 Å². The van der Waals surface area contributed by atoms with Gasteiger partial charge in [-0.1, -0.05) is 31.2 Å². The number of aromatic amines is 1. The average Bonchev–Trinajstić information content (AvgIpc) is 3.21. The largest absolute Gasteiger partial charge is 0.392 e. The van der Waals surface area contributed by atoms with E-state index in [0.717, 1.165) is 35.5 Å². The van der Waals surface area contributed by atoms with Crippen molar-refractivity contribution in [2.45, 2.75) is 51.8 Å². The Bertz CT molecular complexity index is 824. The van der Waals surface area contributed by atoms with Gasteiger partial charge in [0, 0.05) is 42.4 Å². The first-order chi connectivity index (χ1) is 13.4. The highest BCUT2D eigenvalue weighted by atomic mass is 16.5. The molecule has 1 fully saturated rings. The van der Waals surface area contributed by atoms with Gasteiger partial charge in [0.1, 0.15) is 0 Å². The molecule has 1 unspecified atom stereocenters. The van der Waals surface area contributed by atoms with Crippen LogP contribution in [0.25, 0.3) is 6.08 Å². The molecule has 2 heterocycles. The molecule has 28 heavy (non-hydrogen) atoms. The highest BCUT2D eigenvalue weighted by molar-refractivity contribution is 5.90. The normalized spacial score (nSPS) is 21.3. The van der Waals surface area contributed by atoms with Crippen molar-refractivity contribution in [2.24, 2.45) is 0 Å². The topological polar surface area (TPSA) is 101 Å².